The molecule has 0 spiro atoms. The van der Waals surface area contributed by atoms with Gasteiger partial charge in [0.2, 0.25) is 0 Å². The average Bonchev–Trinajstić information content (AvgIpc) is 3.50. The number of rotatable bonds is 4. The first-order valence-electron chi connectivity index (χ1n) is 17.3. The second kappa shape index (κ2) is 14.8. The van der Waals surface area contributed by atoms with E-state index in [-0.39, 0.29) is 25.5 Å². The van der Waals surface area contributed by atoms with Crippen LogP contribution in [0.25, 0.3) is 66.4 Å². The topological polar surface area (TPSA) is 38.9 Å². The Kier molecular flexibility index (Phi) is 10.4. The molecule has 3 nitrogen and oxygen atoms in total. The molecule has 4 heteroatoms. The molecule has 0 saturated carbocycles. The van der Waals surface area contributed by atoms with E-state index in [1.807, 2.05) is 30.6 Å². The van der Waals surface area contributed by atoms with Gasteiger partial charge in [-0.1, -0.05) is 105 Å². The van der Waals surface area contributed by atoms with E-state index in [4.69, 9.17) is 9.40 Å². The van der Waals surface area contributed by atoms with E-state index in [0.29, 0.717) is 0 Å². The number of fused-ring (bicyclic) bond motifs is 5. The first-order chi connectivity index (χ1) is 24.0. The second-order valence-electron chi connectivity index (χ2n) is 14.6. The van der Waals surface area contributed by atoms with Crippen LogP contribution in [0.5, 0.6) is 0 Å². The predicted molar refractivity (Wildman–Crippen MR) is 209 cm³/mol. The van der Waals surface area contributed by atoms with Crippen LogP contribution in [0.3, 0.4) is 0 Å². The molecule has 0 aliphatic heterocycles. The van der Waals surface area contributed by atoms with E-state index < -0.39 is 0 Å². The van der Waals surface area contributed by atoms with Crippen molar-refractivity contribution >= 4 is 32.7 Å². The van der Waals surface area contributed by atoms with Crippen LogP contribution in [0.1, 0.15) is 48.6 Å². The number of aryl methyl sites for hydroxylation is 4. The summed E-state index contributed by atoms with van der Waals surface area (Å²) in [6.07, 6.45) is 4.93. The molecule has 0 amide bonds. The fourth-order valence-electron chi connectivity index (χ4n) is 6.49. The molecule has 8 aromatic rings. The fourth-order valence-corrected chi connectivity index (χ4v) is 6.49. The Morgan fingerprint density at radius 3 is 1.98 bits per heavy atom. The average molecular weight is 843 g/mol. The molecule has 0 saturated heterocycles. The molecule has 0 bridgehead atoms. The van der Waals surface area contributed by atoms with Crippen molar-refractivity contribution in [3.8, 4) is 33.6 Å². The van der Waals surface area contributed by atoms with Crippen LogP contribution in [0.2, 0.25) is 0 Å². The zero-order valence-corrected chi connectivity index (χ0v) is 32.7. The van der Waals surface area contributed by atoms with E-state index in [1.165, 1.54) is 49.5 Å². The van der Waals surface area contributed by atoms with Crippen molar-refractivity contribution < 1.29 is 24.5 Å². The minimum absolute atomic E-state index is 0. The molecular formula is C47H42IrN2O-2. The Labute approximate surface area is 315 Å². The first-order valence-corrected chi connectivity index (χ1v) is 17.3. The maximum atomic E-state index is 6.11. The summed E-state index contributed by atoms with van der Waals surface area (Å²) in [6, 6.07) is 42.7. The summed E-state index contributed by atoms with van der Waals surface area (Å²) in [4.78, 5) is 9.11. The van der Waals surface area contributed by atoms with Crippen molar-refractivity contribution in [3.63, 3.8) is 0 Å². The summed E-state index contributed by atoms with van der Waals surface area (Å²) in [5.41, 5.74) is 14.8. The van der Waals surface area contributed by atoms with E-state index >= 15 is 0 Å². The zero-order valence-electron chi connectivity index (χ0n) is 30.3. The molecule has 257 valence electrons. The van der Waals surface area contributed by atoms with Gasteiger partial charge in [0.05, 0.1) is 0 Å². The summed E-state index contributed by atoms with van der Waals surface area (Å²) < 4.78 is 6.11. The Morgan fingerprint density at radius 2 is 1.29 bits per heavy atom. The van der Waals surface area contributed by atoms with Crippen molar-refractivity contribution in [2.75, 3.05) is 0 Å². The third-order valence-corrected chi connectivity index (χ3v) is 9.35. The first kappa shape index (κ1) is 35.9. The summed E-state index contributed by atoms with van der Waals surface area (Å²) in [6.45, 7) is 15.2. The van der Waals surface area contributed by atoms with Gasteiger partial charge in [-0.3, -0.25) is 0 Å². The van der Waals surface area contributed by atoms with Crippen molar-refractivity contribution in [2.24, 2.45) is 5.41 Å². The van der Waals surface area contributed by atoms with Crippen molar-refractivity contribution in [2.45, 2.75) is 54.9 Å². The smallest absolute Gasteiger partial charge is 0.136 e. The van der Waals surface area contributed by atoms with Crippen molar-refractivity contribution in [1.29, 1.82) is 0 Å². The number of hydrogen-bond donors (Lipinski definition) is 0. The zero-order chi connectivity index (χ0) is 35.0. The molecule has 3 heterocycles. The number of aromatic nitrogens is 2. The van der Waals surface area contributed by atoms with Gasteiger partial charge < -0.3 is 14.4 Å². The Bertz CT molecular complexity index is 2470. The predicted octanol–water partition coefficient (Wildman–Crippen LogP) is 12.6. The molecule has 0 N–H and O–H groups in total. The van der Waals surface area contributed by atoms with Crippen LogP contribution in [-0.2, 0) is 26.5 Å². The summed E-state index contributed by atoms with van der Waals surface area (Å²) in [5, 5.41) is 4.76. The third kappa shape index (κ3) is 7.73. The van der Waals surface area contributed by atoms with Gasteiger partial charge in [0.25, 0.3) is 0 Å². The van der Waals surface area contributed by atoms with Crippen LogP contribution in [0, 0.1) is 45.2 Å². The Morgan fingerprint density at radius 1 is 0.608 bits per heavy atom. The van der Waals surface area contributed by atoms with Crippen LogP contribution in [0.4, 0.5) is 0 Å². The van der Waals surface area contributed by atoms with Crippen LogP contribution < -0.4 is 0 Å². The molecule has 0 unspecified atom stereocenters. The van der Waals surface area contributed by atoms with Crippen molar-refractivity contribution in [3.05, 3.63) is 155 Å². The standard InChI is InChI=1S/C33H28NO.C14H14N.Ir/c1-21-20-34-29(18-24(21)19-33(2,3)4)23-14-12-22(13-15-23)25-9-7-10-27-26(25)16-17-31-32(27)28-8-5-6-11-30(28)35-31;1-10-4-6-13(7-5-10)14-8-11(2)12(3)9-15-14;/h5-14,16-18,20H,19H2,1-4H3;4-6,8-9H,1-3H3;/q2*-1;. The quantitative estimate of drug-likeness (QED) is 0.166. The number of nitrogens with zero attached hydrogens (tertiary/aromatic N) is 2. The second-order valence-corrected chi connectivity index (χ2v) is 14.6. The molecule has 1 radical (unpaired) electrons. The molecule has 0 aliphatic rings. The van der Waals surface area contributed by atoms with Crippen LogP contribution in [-0.4, -0.2) is 9.97 Å². The van der Waals surface area contributed by atoms with Gasteiger partial charge in [0, 0.05) is 43.3 Å². The molecule has 51 heavy (non-hydrogen) atoms. The Hall–Kier alpha value is -4.89. The van der Waals surface area contributed by atoms with Crippen LogP contribution >= 0.6 is 0 Å². The number of furan rings is 1. The summed E-state index contributed by atoms with van der Waals surface area (Å²) >= 11 is 0. The maximum absolute atomic E-state index is 6.11. The van der Waals surface area contributed by atoms with E-state index in [1.54, 1.807) is 0 Å². The van der Waals surface area contributed by atoms with E-state index in [0.717, 1.165) is 51.1 Å². The summed E-state index contributed by atoms with van der Waals surface area (Å²) in [7, 11) is 0. The van der Waals surface area contributed by atoms with E-state index in [9.17, 15) is 0 Å². The molecule has 3 aromatic heterocycles. The molecule has 5 aromatic carbocycles. The van der Waals surface area contributed by atoms with Gasteiger partial charge in [-0.25, -0.2) is 0 Å². The van der Waals surface area contributed by atoms with Gasteiger partial charge in [-0.05, 0) is 78.0 Å². The van der Waals surface area contributed by atoms with Gasteiger partial charge in [-0.2, -0.15) is 0 Å². The number of pyridine rings is 2. The molecular weight excluding hydrogens is 801 g/mol. The number of hydrogen-bond acceptors (Lipinski definition) is 3. The van der Waals surface area contributed by atoms with Gasteiger partial charge in [0.15, 0.2) is 0 Å². The molecule has 0 atom stereocenters. The summed E-state index contributed by atoms with van der Waals surface area (Å²) in [5.74, 6) is 0. The Balaban J connectivity index is 0.000000236. The fraction of sp³-hybridized carbons (Fsp3) is 0.191. The van der Waals surface area contributed by atoms with Gasteiger partial charge >= 0.3 is 0 Å². The third-order valence-electron chi connectivity index (χ3n) is 9.35. The maximum Gasteiger partial charge on any atom is 0.136 e. The number of para-hydroxylation sites is 1. The van der Waals surface area contributed by atoms with E-state index in [2.05, 4.69) is 151 Å². The van der Waals surface area contributed by atoms with Crippen LogP contribution in [0.15, 0.2) is 120 Å². The molecule has 8 rings (SSSR count). The SMILES string of the molecule is Cc1c[c-]c(-c2cc(C)c(C)cn2)cc1.Cc1cnc(-c2[c-]cc(-c3cccc4c3ccc3oc5ccccc5c34)cc2)cc1CC(C)(C)C.[Ir]. The minimum atomic E-state index is 0. The van der Waals surface area contributed by atoms with Crippen molar-refractivity contribution in [1.82, 2.24) is 9.97 Å². The largest absolute Gasteiger partial charge is 0.456 e. The minimum Gasteiger partial charge on any atom is -0.456 e. The molecule has 0 aliphatic carbocycles. The van der Waals surface area contributed by atoms with Gasteiger partial charge in [0.1, 0.15) is 11.2 Å². The van der Waals surface area contributed by atoms with Gasteiger partial charge in [-0.15, -0.1) is 65.2 Å². The molecule has 0 fully saturated rings. The monoisotopic (exact) mass is 843 g/mol. The number of benzene rings is 5. The normalized spacial score (nSPS) is 11.4.